The van der Waals surface area contributed by atoms with Crippen LogP contribution in [-0.2, 0) is 19.5 Å². The monoisotopic (exact) mass is 381 g/mol. The summed E-state index contributed by atoms with van der Waals surface area (Å²) in [5.74, 6) is 2.24. The van der Waals surface area contributed by atoms with Crippen LogP contribution in [0, 0.1) is 5.92 Å². The Balaban J connectivity index is 1.41. The second-order valence-electron chi connectivity index (χ2n) is 8.74. The van der Waals surface area contributed by atoms with E-state index < -0.39 is 0 Å². The third-order valence-corrected chi connectivity index (χ3v) is 5.99. The average Bonchev–Trinajstić information content (AvgIpc) is 3.11. The van der Waals surface area contributed by atoms with Crippen molar-refractivity contribution in [2.24, 2.45) is 5.92 Å². The number of nitrogens with zero attached hydrogens (tertiary/aromatic N) is 3. The first-order valence-electron chi connectivity index (χ1n) is 10.6. The van der Waals surface area contributed by atoms with Gasteiger partial charge >= 0.3 is 5.91 Å². The molecule has 5 heteroatoms. The topological polar surface area (TPSA) is 49.6 Å². The number of benzene rings is 1. The van der Waals surface area contributed by atoms with E-state index in [1.165, 1.54) is 17.5 Å². The molecule has 5 nitrogen and oxygen atoms in total. The summed E-state index contributed by atoms with van der Waals surface area (Å²) in [6.07, 6.45) is 3.08. The molecule has 1 aromatic heterocycles. The van der Waals surface area contributed by atoms with Crippen LogP contribution in [0.15, 0.2) is 28.7 Å². The Morgan fingerprint density at radius 3 is 2.75 bits per heavy atom. The van der Waals surface area contributed by atoms with E-state index in [1.54, 1.807) is 0 Å². The molecule has 0 saturated carbocycles. The Labute approximate surface area is 167 Å². The van der Waals surface area contributed by atoms with Crippen LogP contribution in [-0.4, -0.2) is 40.3 Å². The van der Waals surface area contributed by atoms with Crippen molar-refractivity contribution in [3.8, 4) is 0 Å². The van der Waals surface area contributed by atoms with E-state index in [-0.39, 0.29) is 11.8 Å². The molecule has 1 aromatic carbocycles. The first-order chi connectivity index (χ1) is 13.5. The van der Waals surface area contributed by atoms with Crippen LogP contribution < -0.4 is 0 Å². The summed E-state index contributed by atoms with van der Waals surface area (Å²) in [6, 6.07) is 8.89. The smallest absolute Gasteiger partial charge is 0.309 e. The molecule has 0 radical (unpaired) electrons. The number of piperidine rings is 1. The minimum atomic E-state index is -0.0447. The van der Waals surface area contributed by atoms with E-state index in [1.807, 2.05) is 4.90 Å². The van der Waals surface area contributed by atoms with Gasteiger partial charge in [0.25, 0.3) is 5.89 Å². The molecule has 3 heterocycles. The summed E-state index contributed by atoms with van der Waals surface area (Å²) in [7, 11) is 0. The number of carbonyl (C=O) groups excluding carboxylic acids is 1. The summed E-state index contributed by atoms with van der Waals surface area (Å²) in [5, 5.41) is 0. The molecule has 0 N–H and O–H groups in total. The summed E-state index contributed by atoms with van der Waals surface area (Å²) in [6.45, 7) is 10.8. The van der Waals surface area contributed by atoms with Gasteiger partial charge in [0, 0.05) is 39.1 Å². The molecule has 1 unspecified atom stereocenters. The predicted molar refractivity (Wildman–Crippen MR) is 109 cm³/mol. The predicted octanol–water partition coefficient (Wildman–Crippen LogP) is 4.23. The van der Waals surface area contributed by atoms with Crippen LogP contribution in [0.2, 0.25) is 0 Å². The van der Waals surface area contributed by atoms with Gasteiger partial charge in [-0.3, -0.25) is 9.69 Å². The summed E-state index contributed by atoms with van der Waals surface area (Å²) < 4.78 is 5.87. The first kappa shape index (κ1) is 19.2. The molecule has 2 aromatic rings. The number of likely N-dealkylation sites (tertiary alicyclic amines) is 1. The number of amides is 1. The molecule has 28 heavy (non-hydrogen) atoms. The van der Waals surface area contributed by atoms with Gasteiger partial charge in [0.2, 0.25) is 0 Å². The fourth-order valence-electron chi connectivity index (χ4n) is 4.25. The Kier molecular flexibility index (Phi) is 5.54. The molecule has 0 spiro atoms. The number of carbonyl (C=O) groups is 1. The lowest BCUT2D eigenvalue weighted by Crippen LogP contribution is -2.39. The van der Waals surface area contributed by atoms with E-state index in [0.717, 1.165) is 57.0 Å². The van der Waals surface area contributed by atoms with Crippen molar-refractivity contribution in [3.63, 3.8) is 0 Å². The van der Waals surface area contributed by atoms with E-state index in [0.29, 0.717) is 11.8 Å². The van der Waals surface area contributed by atoms with Crippen molar-refractivity contribution in [1.29, 1.82) is 0 Å². The van der Waals surface area contributed by atoms with Crippen molar-refractivity contribution in [2.75, 3.05) is 19.6 Å². The second-order valence-corrected chi connectivity index (χ2v) is 8.74. The molecule has 0 bridgehead atoms. The minimum Gasteiger partial charge on any atom is -0.437 e. The maximum atomic E-state index is 12.8. The van der Waals surface area contributed by atoms with Gasteiger partial charge in [0.05, 0.1) is 5.69 Å². The first-order valence-corrected chi connectivity index (χ1v) is 10.6. The van der Waals surface area contributed by atoms with Crippen LogP contribution in [0.3, 0.4) is 0 Å². The van der Waals surface area contributed by atoms with Crippen molar-refractivity contribution in [2.45, 2.75) is 59.0 Å². The largest absolute Gasteiger partial charge is 0.437 e. The van der Waals surface area contributed by atoms with E-state index >= 15 is 0 Å². The number of hydrogen-bond donors (Lipinski definition) is 0. The maximum Gasteiger partial charge on any atom is 0.309 e. The number of aromatic nitrogens is 1. The van der Waals surface area contributed by atoms with Gasteiger partial charge in [0.1, 0.15) is 5.76 Å². The highest BCUT2D eigenvalue weighted by atomic mass is 16.4. The molecular weight excluding hydrogens is 350 g/mol. The third-order valence-electron chi connectivity index (χ3n) is 5.99. The summed E-state index contributed by atoms with van der Waals surface area (Å²) >= 11 is 0. The minimum absolute atomic E-state index is 0.0447. The normalized spacial score (nSPS) is 20.4. The number of fused-ring (bicyclic) bond motifs is 1. The molecule has 1 amide bonds. The van der Waals surface area contributed by atoms with Gasteiger partial charge in [-0.15, -0.1) is 0 Å². The Morgan fingerprint density at radius 2 is 2.04 bits per heavy atom. The van der Waals surface area contributed by atoms with Crippen molar-refractivity contribution >= 4 is 5.91 Å². The highest BCUT2D eigenvalue weighted by Gasteiger charge is 2.29. The molecule has 1 atom stereocenters. The molecule has 2 aliphatic heterocycles. The van der Waals surface area contributed by atoms with Gasteiger partial charge in [0.15, 0.2) is 0 Å². The van der Waals surface area contributed by atoms with Crippen LogP contribution in [0.25, 0.3) is 0 Å². The molecular formula is C23H31N3O2. The lowest BCUT2D eigenvalue weighted by molar-refractivity contribution is 0.0640. The highest BCUT2D eigenvalue weighted by molar-refractivity contribution is 5.89. The Morgan fingerprint density at radius 1 is 1.25 bits per heavy atom. The molecule has 2 aliphatic rings. The van der Waals surface area contributed by atoms with Crippen LogP contribution in [0.5, 0.6) is 0 Å². The number of rotatable bonds is 4. The van der Waals surface area contributed by atoms with E-state index in [9.17, 15) is 4.79 Å². The Hall–Kier alpha value is -2.14. The zero-order chi connectivity index (χ0) is 19.7. The standard InChI is InChI=1S/C23H31N3O2/c1-16(2)19-8-6-18(7-9-19)14-25-12-10-21-20(15-25)24-22(28-21)23(27)26-11-4-5-17(3)13-26/h6-9,16-17H,4-5,10-15H2,1-3H3. The second kappa shape index (κ2) is 8.08. The Bertz CT molecular complexity index is 825. The van der Waals surface area contributed by atoms with Gasteiger partial charge in [-0.05, 0) is 35.8 Å². The average molecular weight is 382 g/mol. The quantitative estimate of drug-likeness (QED) is 0.795. The van der Waals surface area contributed by atoms with Gasteiger partial charge in [-0.2, -0.15) is 0 Å². The number of hydrogen-bond acceptors (Lipinski definition) is 4. The lowest BCUT2D eigenvalue weighted by atomic mass is 10.0. The molecule has 4 rings (SSSR count). The summed E-state index contributed by atoms with van der Waals surface area (Å²) in [5.41, 5.74) is 3.62. The molecule has 1 saturated heterocycles. The third kappa shape index (κ3) is 4.14. The van der Waals surface area contributed by atoms with E-state index in [2.05, 4.69) is 54.9 Å². The maximum absolute atomic E-state index is 12.8. The molecule has 1 fully saturated rings. The fraction of sp³-hybridized carbons (Fsp3) is 0.565. The zero-order valence-electron chi connectivity index (χ0n) is 17.3. The van der Waals surface area contributed by atoms with Crippen molar-refractivity contribution in [3.05, 3.63) is 52.7 Å². The fourth-order valence-corrected chi connectivity index (χ4v) is 4.25. The highest BCUT2D eigenvalue weighted by Crippen LogP contribution is 2.24. The zero-order valence-corrected chi connectivity index (χ0v) is 17.3. The van der Waals surface area contributed by atoms with Gasteiger partial charge in [-0.25, -0.2) is 4.98 Å². The SMILES string of the molecule is CC1CCCN(C(=O)c2nc3c(o2)CCN(Cc2ccc(C(C)C)cc2)C3)C1. The van der Waals surface area contributed by atoms with Gasteiger partial charge in [-0.1, -0.05) is 45.0 Å². The van der Waals surface area contributed by atoms with Crippen molar-refractivity contribution < 1.29 is 9.21 Å². The van der Waals surface area contributed by atoms with Crippen LogP contribution in [0.1, 0.15) is 72.8 Å². The van der Waals surface area contributed by atoms with Crippen LogP contribution >= 0.6 is 0 Å². The molecule has 0 aliphatic carbocycles. The lowest BCUT2D eigenvalue weighted by Gasteiger charge is -2.29. The van der Waals surface area contributed by atoms with Gasteiger partial charge < -0.3 is 9.32 Å². The van der Waals surface area contributed by atoms with E-state index in [4.69, 9.17) is 4.42 Å². The molecule has 150 valence electrons. The number of oxazole rings is 1. The van der Waals surface area contributed by atoms with Crippen LogP contribution in [0.4, 0.5) is 0 Å². The summed E-state index contributed by atoms with van der Waals surface area (Å²) in [4.78, 5) is 21.6. The van der Waals surface area contributed by atoms with Crippen molar-refractivity contribution in [1.82, 2.24) is 14.8 Å².